The molecular formula is C22H20N2O4S. The summed E-state index contributed by atoms with van der Waals surface area (Å²) in [6, 6.07) is 6.73. The molecule has 1 atom stereocenters. The number of carbonyl (C=O) groups excluding carboxylic acids is 2. The van der Waals surface area contributed by atoms with Gasteiger partial charge in [-0.2, -0.15) is 0 Å². The molecule has 7 heteroatoms. The molecule has 148 valence electrons. The van der Waals surface area contributed by atoms with Gasteiger partial charge in [0.2, 0.25) is 0 Å². The lowest BCUT2D eigenvalue weighted by atomic mass is 9.80. The Labute approximate surface area is 171 Å². The lowest BCUT2D eigenvalue weighted by molar-refractivity contribution is -0.132. The highest BCUT2D eigenvalue weighted by molar-refractivity contribution is 7.10. The number of carbonyl (C=O) groups is 2. The summed E-state index contributed by atoms with van der Waals surface area (Å²) in [6.07, 6.45) is 2.37. The summed E-state index contributed by atoms with van der Waals surface area (Å²) in [5, 5.41) is 5.68. The lowest BCUT2D eigenvalue weighted by Crippen LogP contribution is -2.46. The van der Waals surface area contributed by atoms with Crippen LogP contribution in [0.2, 0.25) is 0 Å². The number of thiophene rings is 1. The Kier molecular flexibility index (Phi) is 3.93. The fourth-order valence-electron chi connectivity index (χ4n) is 4.51. The van der Waals surface area contributed by atoms with Crippen molar-refractivity contribution in [3.05, 3.63) is 67.2 Å². The van der Waals surface area contributed by atoms with Crippen LogP contribution < -0.4 is 10.9 Å². The number of rotatable bonds is 2. The van der Waals surface area contributed by atoms with Crippen molar-refractivity contribution >= 4 is 34.2 Å². The number of fused-ring (bicyclic) bond motifs is 3. The largest absolute Gasteiger partial charge is 0.422 e. The number of benzene rings is 1. The van der Waals surface area contributed by atoms with Gasteiger partial charge in [0.25, 0.3) is 5.91 Å². The van der Waals surface area contributed by atoms with Crippen molar-refractivity contribution in [1.29, 1.82) is 0 Å². The first-order valence-corrected chi connectivity index (χ1v) is 10.5. The van der Waals surface area contributed by atoms with E-state index in [0.717, 1.165) is 39.8 Å². The molecule has 1 aromatic carbocycles. The second kappa shape index (κ2) is 6.29. The third kappa shape index (κ3) is 2.57. The molecule has 2 aliphatic rings. The van der Waals surface area contributed by atoms with Crippen molar-refractivity contribution in [3.8, 4) is 0 Å². The summed E-state index contributed by atoms with van der Waals surface area (Å²) in [6.45, 7) is 3.88. The van der Waals surface area contributed by atoms with Gasteiger partial charge in [0.15, 0.2) is 0 Å². The van der Waals surface area contributed by atoms with E-state index in [4.69, 9.17) is 4.42 Å². The third-order valence-electron chi connectivity index (χ3n) is 6.18. The predicted octanol–water partition coefficient (Wildman–Crippen LogP) is 3.75. The highest BCUT2D eigenvalue weighted by atomic mass is 32.1. The monoisotopic (exact) mass is 408 g/mol. The molecule has 1 fully saturated rings. The smallest absolute Gasteiger partial charge is 0.336 e. The van der Waals surface area contributed by atoms with Gasteiger partial charge in [-0.1, -0.05) is 12.1 Å². The Morgan fingerprint density at radius 1 is 1.21 bits per heavy atom. The fraction of sp³-hybridized carbons (Fsp3) is 0.318. The number of urea groups is 1. The SMILES string of the molecule is Cc1ccc2c(CN3C(=O)N[C@]4(CCCc5sccc54)C3=O)cc(=O)oc2c1C. The average molecular weight is 408 g/mol. The minimum absolute atomic E-state index is 0.0382. The summed E-state index contributed by atoms with van der Waals surface area (Å²) in [5.74, 6) is -0.243. The normalized spacial score (nSPS) is 21.1. The first-order valence-electron chi connectivity index (χ1n) is 9.64. The van der Waals surface area contributed by atoms with Crippen LogP contribution in [0.3, 0.4) is 0 Å². The minimum Gasteiger partial charge on any atom is -0.422 e. The van der Waals surface area contributed by atoms with E-state index >= 15 is 0 Å². The van der Waals surface area contributed by atoms with Crippen molar-refractivity contribution in [2.45, 2.75) is 45.2 Å². The first kappa shape index (κ1) is 18.1. The Morgan fingerprint density at radius 3 is 2.86 bits per heavy atom. The van der Waals surface area contributed by atoms with E-state index in [1.807, 2.05) is 37.4 Å². The molecule has 1 aliphatic carbocycles. The number of nitrogens with one attached hydrogen (secondary N) is 1. The fourth-order valence-corrected chi connectivity index (χ4v) is 5.51. The number of aryl methyl sites for hydroxylation is 3. The van der Waals surface area contributed by atoms with Crippen LogP contribution in [-0.2, 0) is 23.3 Å². The van der Waals surface area contributed by atoms with Crippen LogP contribution in [0.5, 0.6) is 0 Å². The van der Waals surface area contributed by atoms with Gasteiger partial charge in [-0.15, -0.1) is 11.3 Å². The summed E-state index contributed by atoms with van der Waals surface area (Å²) >= 11 is 1.63. The van der Waals surface area contributed by atoms with Gasteiger partial charge in [0, 0.05) is 21.9 Å². The van der Waals surface area contributed by atoms with Crippen LogP contribution in [0.1, 0.15) is 40.0 Å². The van der Waals surface area contributed by atoms with Crippen molar-refractivity contribution in [2.75, 3.05) is 0 Å². The van der Waals surface area contributed by atoms with E-state index in [0.29, 0.717) is 17.6 Å². The molecule has 3 amide bonds. The first-order chi connectivity index (χ1) is 13.9. The molecule has 3 heterocycles. The van der Waals surface area contributed by atoms with Crippen LogP contribution in [0.4, 0.5) is 4.79 Å². The van der Waals surface area contributed by atoms with Gasteiger partial charge in [0.1, 0.15) is 11.1 Å². The van der Waals surface area contributed by atoms with Crippen molar-refractivity contribution in [2.24, 2.45) is 0 Å². The van der Waals surface area contributed by atoms with E-state index in [1.165, 1.54) is 11.0 Å². The average Bonchev–Trinajstić information content (AvgIpc) is 3.26. The Hall–Kier alpha value is -2.93. The standard InChI is InChI=1S/C22H20N2O4S/c1-12-5-6-15-14(10-18(25)28-19(15)13(12)2)11-24-20(26)22(23-21(24)27)8-3-4-17-16(22)7-9-29-17/h5-7,9-10H,3-4,8,11H2,1-2H3,(H,23,27)/t22-/m0/s1. The quantitative estimate of drug-likeness (QED) is 0.517. The van der Waals surface area contributed by atoms with Crippen molar-refractivity contribution in [1.82, 2.24) is 10.2 Å². The molecule has 5 rings (SSSR count). The maximum Gasteiger partial charge on any atom is 0.336 e. The lowest BCUT2D eigenvalue weighted by Gasteiger charge is -2.31. The van der Waals surface area contributed by atoms with Crippen molar-refractivity contribution < 1.29 is 14.0 Å². The summed E-state index contributed by atoms with van der Waals surface area (Å²) in [5.41, 5.74) is 2.46. The molecular weight excluding hydrogens is 388 g/mol. The molecule has 29 heavy (non-hydrogen) atoms. The minimum atomic E-state index is -0.980. The third-order valence-corrected chi connectivity index (χ3v) is 7.16. The molecule has 3 aromatic rings. The van der Waals surface area contributed by atoms with Gasteiger partial charge in [-0.25, -0.2) is 9.59 Å². The van der Waals surface area contributed by atoms with Gasteiger partial charge < -0.3 is 9.73 Å². The molecule has 1 N–H and O–H groups in total. The molecule has 0 saturated carbocycles. The molecule has 0 radical (unpaired) electrons. The maximum absolute atomic E-state index is 13.4. The number of nitrogens with zero attached hydrogens (tertiary/aromatic N) is 1. The van der Waals surface area contributed by atoms with Crippen LogP contribution in [0, 0.1) is 13.8 Å². The van der Waals surface area contributed by atoms with Gasteiger partial charge >= 0.3 is 11.7 Å². The Balaban J connectivity index is 1.58. The summed E-state index contributed by atoms with van der Waals surface area (Å²) in [7, 11) is 0. The van der Waals surface area contributed by atoms with Crippen LogP contribution in [0.15, 0.2) is 38.9 Å². The number of hydrogen-bond donors (Lipinski definition) is 1. The molecule has 0 unspecified atom stereocenters. The molecule has 1 saturated heterocycles. The summed E-state index contributed by atoms with van der Waals surface area (Å²) < 4.78 is 5.42. The van der Waals surface area contributed by atoms with E-state index in [2.05, 4.69) is 5.32 Å². The van der Waals surface area contributed by atoms with Gasteiger partial charge in [0.05, 0.1) is 6.54 Å². The van der Waals surface area contributed by atoms with Gasteiger partial charge in [-0.3, -0.25) is 9.69 Å². The zero-order valence-corrected chi connectivity index (χ0v) is 17.0. The Bertz CT molecular complexity index is 1240. The number of amides is 3. The maximum atomic E-state index is 13.4. The van der Waals surface area contributed by atoms with Crippen LogP contribution in [-0.4, -0.2) is 16.8 Å². The number of hydrogen-bond acceptors (Lipinski definition) is 5. The summed E-state index contributed by atoms with van der Waals surface area (Å²) in [4.78, 5) is 40.8. The van der Waals surface area contributed by atoms with E-state index < -0.39 is 17.2 Å². The van der Waals surface area contributed by atoms with Crippen LogP contribution in [0.25, 0.3) is 11.0 Å². The highest BCUT2D eigenvalue weighted by Crippen LogP contribution is 2.42. The highest BCUT2D eigenvalue weighted by Gasteiger charge is 2.54. The molecule has 0 bridgehead atoms. The number of imide groups is 1. The second-order valence-corrected chi connectivity index (χ2v) is 8.81. The molecule has 1 spiro atoms. The zero-order chi connectivity index (χ0) is 20.3. The predicted molar refractivity (Wildman–Crippen MR) is 110 cm³/mol. The van der Waals surface area contributed by atoms with E-state index in [-0.39, 0.29) is 12.5 Å². The molecule has 1 aliphatic heterocycles. The van der Waals surface area contributed by atoms with Crippen LogP contribution >= 0.6 is 11.3 Å². The second-order valence-electron chi connectivity index (χ2n) is 7.81. The van der Waals surface area contributed by atoms with E-state index in [9.17, 15) is 14.4 Å². The van der Waals surface area contributed by atoms with Gasteiger partial charge in [-0.05, 0) is 61.2 Å². The van der Waals surface area contributed by atoms with E-state index in [1.54, 1.807) is 11.3 Å². The molecule has 2 aromatic heterocycles. The zero-order valence-electron chi connectivity index (χ0n) is 16.2. The Morgan fingerprint density at radius 2 is 2.03 bits per heavy atom. The topological polar surface area (TPSA) is 79.6 Å². The van der Waals surface area contributed by atoms with Crippen molar-refractivity contribution in [3.63, 3.8) is 0 Å². The molecule has 6 nitrogen and oxygen atoms in total.